The minimum absolute atomic E-state index is 0.196. The van der Waals surface area contributed by atoms with Crippen LogP contribution in [0.1, 0.15) is 21.1 Å². The molecule has 0 saturated carbocycles. The van der Waals surface area contributed by atoms with Crippen LogP contribution in [0.4, 0.5) is 5.69 Å². The van der Waals surface area contributed by atoms with E-state index in [1.54, 1.807) is 30.5 Å². The van der Waals surface area contributed by atoms with Crippen molar-refractivity contribution in [3.05, 3.63) is 44.9 Å². The van der Waals surface area contributed by atoms with Gasteiger partial charge in [-0.15, -0.1) is 11.3 Å². The number of thiazole rings is 1. The van der Waals surface area contributed by atoms with Crippen LogP contribution in [-0.4, -0.2) is 17.9 Å². The summed E-state index contributed by atoms with van der Waals surface area (Å²) in [6, 6.07) is 5.29. The molecule has 1 amide bonds. The van der Waals surface area contributed by atoms with E-state index in [4.69, 9.17) is 11.6 Å². The average molecular weight is 296 g/mol. The van der Waals surface area contributed by atoms with Gasteiger partial charge in [-0.25, -0.2) is 4.98 Å². The lowest BCUT2D eigenvalue weighted by molar-refractivity contribution is 0.0963. The number of aryl methyl sites for hydroxylation is 1. The van der Waals surface area contributed by atoms with Gasteiger partial charge in [0.25, 0.3) is 5.91 Å². The molecule has 19 heavy (non-hydrogen) atoms. The molecule has 2 N–H and O–H groups in total. The molecule has 0 bridgehead atoms. The predicted octanol–water partition coefficient (Wildman–Crippen LogP) is 3.08. The molecule has 0 saturated heterocycles. The fraction of sp³-hybridized carbons (Fsp3) is 0.231. The highest BCUT2D eigenvalue weighted by Gasteiger charge is 2.09. The minimum Gasteiger partial charge on any atom is -0.379 e. The number of aromatic nitrogens is 1. The number of nitrogens with zero attached hydrogens (tertiary/aromatic N) is 1. The van der Waals surface area contributed by atoms with E-state index >= 15 is 0 Å². The Balaban J connectivity index is 2.10. The van der Waals surface area contributed by atoms with E-state index in [9.17, 15) is 4.79 Å². The summed E-state index contributed by atoms with van der Waals surface area (Å²) in [6.07, 6.45) is 0. The molecular weight excluding hydrogens is 282 g/mol. The lowest BCUT2D eigenvalue weighted by Crippen LogP contribution is -2.18. The van der Waals surface area contributed by atoms with Crippen LogP contribution >= 0.6 is 22.9 Å². The van der Waals surface area contributed by atoms with Gasteiger partial charge in [0, 0.05) is 23.8 Å². The molecule has 1 aromatic heterocycles. The summed E-state index contributed by atoms with van der Waals surface area (Å²) in [5.74, 6) is -0.196. The molecule has 0 fully saturated rings. The van der Waals surface area contributed by atoms with Crippen molar-refractivity contribution in [2.45, 2.75) is 13.5 Å². The third-order valence-electron chi connectivity index (χ3n) is 2.55. The van der Waals surface area contributed by atoms with Crippen LogP contribution in [-0.2, 0) is 6.54 Å². The van der Waals surface area contributed by atoms with E-state index in [1.807, 2.05) is 18.4 Å². The molecule has 6 heteroatoms. The maximum atomic E-state index is 11.6. The van der Waals surface area contributed by atoms with E-state index < -0.39 is 0 Å². The van der Waals surface area contributed by atoms with Crippen molar-refractivity contribution in [1.29, 1.82) is 0 Å². The molecule has 0 aliphatic heterocycles. The number of amides is 1. The Morgan fingerprint density at radius 2 is 2.26 bits per heavy atom. The van der Waals surface area contributed by atoms with Gasteiger partial charge in [-0.3, -0.25) is 4.79 Å². The number of rotatable bonds is 4. The second kappa shape index (κ2) is 6.04. The van der Waals surface area contributed by atoms with Crippen LogP contribution in [0.3, 0.4) is 0 Å². The fourth-order valence-corrected chi connectivity index (χ4v) is 2.52. The second-order valence-corrected chi connectivity index (χ2v) is 5.36. The van der Waals surface area contributed by atoms with Crippen LogP contribution in [0.25, 0.3) is 0 Å². The van der Waals surface area contributed by atoms with E-state index in [0.717, 1.165) is 16.4 Å². The van der Waals surface area contributed by atoms with Crippen molar-refractivity contribution in [3.8, 4) is 0 Å². The topological polar surface area (TPSA) is 54.0 Å². The van der Waals surface area contributed by atoms with Crippen molar-refractivity contribution in [2.75, 3.05) is 12.4 Å². The zero-order valence-electron chi connectivity index (χ0n) is 10.7. The molecule has 2 rings (SSSR count). The summed E-state index contributed by atoms with van der Waals surface area (Å²) in [4.78, 5) is 16.0. The quantitative estimate of drug-likeness (QED) is 0.911. The van der Waals surface area contributed by atoms with E-state index in [2.05, 4.69) is 15.6 Å². The van der Waals surface area contributed by atoms with Gasteiger partial charge < -0.3 is 10.6 Å². The lowest BCUT2D eigenvalue weighted by Gasteiger charge is -2.08. The molecular formula is C13H14ClN3OS. The molecule has 0 unspecified atom stereocenters. The Hall–Kier alpha value is -1.59. The first-order chi connectivity index (χ1) is 9.10. The van der Waals surface area contributed by atoms with Crippen LogP contribution in [0.5, 0.6) is 0 Å². The van der Waals surface area contributed by atoms with Gasteiger partial charge in [-0.05, 0) is 25.1 Å². The summed E-state index contributed by atoms with van der Waals surface area (Å²) in [5.41, 5.74) is 2.32. The smallest absolute Gasteiger partial charge is 0.252 e. The molecule has 0 radical (unpaired) electrons. The molecule has 100 valence electrons. The maximum absolute atomic E-state index is 11.6. The summed E-state index contributed by atoms with van der Waals surface area (Å²) in [7, 11) is 1.58. The van der Waals surface area contributed by atoms with E-state index in [0.29, 0.717) is 17.1 Å². The van der Waals surface area contributed by atoms with Crippen LogP contribution in [0.2, 0.25) is 5.02 Å². The van der Waals surface area contributed by atoms with Crippen LogP contribution in [0.15, 0.2) is 23.6 Å². The Morgan fingerprint density at radius 1 is 1.47 bits per heavy atom. The van der Waals surface area contributed by atoms with Gasteiger partial charge in [-0.2, -0.15) is 0 Å². The largest absolute Gasteiger partial charge is 0.379 e. The van der Waals surface area contributed by atoms with Gasteiger partial charge in [0.1, 0.15) is 5.01 Å². The third kappa shape index (κ3) is 3.45. The first-order valence-electron chi connectivity index (χ1n) is 5.76. The molecule has 0 aliphatic rings. The van der Waals surface area contributed by atoms with Crippen molar-refractivity contribution in [3.63, 3.8) is 0 Å². The first kappa shape index (κ1) is 13.8. The van der Waals surface area contributed by atoms with Crippen LogP contribution in [0, 0.1) is 6.92 Å². The molecule has 0 spiro atoms. The Bertz CT molecular complexity index is 597. The Labute approximate surface area is 120 Å². The van der Waals surface area contributed by atoms with Gasteiger partial charge in [-0.1, -0.05) is 11.6 Å². The van der Waals surface area contributed by atoms with Crippen LogP contribution < -0.4 is 10.6 Å². The summed E-state index contributed by atoms with van der Waals surface area (Å²) < 4.78 is 0. The van der Waals surface area contributed by atoms with Gasteiger partial charge in [0.15, 0.2) is 0 Å². The highest BCUT2D eigenvalue weighted by molar-refractivity contribution is 7.09. The molecule has 1 heterocycles. The van der Waals surface area contributed by atoms with Crippen molar-refractivity contribution >= 4 is 34.5 Å². The van der Waals surface area contributed by atoms with Crippen molar-refractivity contribution < 1.29 is 4.79 Å². The number of nitrogens with one attached hydrogen (secondary N) is 2. The molecule has 1 aromatic carbocycles. The predicted molar refractivity (Wildman–Crippen MR) is 79.0 cm³/mol. The number of hydrogen-bond acceptors (Lipinski definition) is 4. The normalized spacial score (nSPS) is 10.3. The van der Waals surface area contributed by atoms with E-state index in [-0.39, 0.29) is 5.91 Å². The minimum atomic E-state index is -0.196. The number of benzene rings is 1. The van der Waals surface area contributed by atoms with Crippen molar-refractivity contribution in [1.82, 2.24) is 10.3 Å². The molecule has 4 nitrogen and oxygen atoms in total. The first-order valence-corrected chi connectivity index (χ1v) is 7.02. The monoisotopic (exact) mass is 295 g/mol. The Morgan fingerprint density at radius 3 is 2.89 bits per heavy atom. The number of carbonyl (C=O) groups is 1. The van der Waals surface area contributed by atoms with Gasteiger partial charge >= 0.3 is 0 Å². The number of halogens is 1. The number of carbonyl (C=O) groups excluding carboxylic acids is 1. The lowest BCUT2D eigenvalue weighted by atomic mass is 10.2. The van der Waals surface area contributed by atoms with Crippen molar-refractivity contribution in [2.24, 2.45) is 0 Å². The third-order valence-corrected chi connectivity index (χ3v) is 3.84. The highest BCUT2D eigenvalue weighted by Crippen LogP contribution is 2.21. The maximum Gasteiger partial charge on any atom is 0.252 e. The average Bonchev–Trinajstić information content (AvgIpc) is 2.83. The Kier molecular flexibility index (Phi) is 4.39. The van der Waals surface area contributed by atoms with Gasteiger partial charge in [0.05, 0.1) is 17.1 Å². The number of hydrogen-bond donors (Lipinski definition) is 2. The standard InChI is InChI=1S/C13H14ClN3OS/c1-8-7-19-12(17-8)6-16-9-3-4-11(14)10(5-9)13(18)15-2/h3-5,7,16H,6H2,1-2H3,(H,15,18). The zero-order valence-corrected chi connectivity index (χ0v) is 12.2. The van der Waals surface area contributed by atoms with Gasteiger partial charge in [0.2, 0.25) is 0 Å². The second-order valence-electron chi connectivity index (χ2n) is 4.01. The number of anilines is 1. The summed E-state index contributed by atoms with van der Waals surface area (Å²) >= 11 is 7.60. The summed E-state index contributed by atoms with van der Waals surface area (Å²) in [6.45, 7) is 2.60. The summed E-state index contributed by atoms with van der Waals surface area (Å²) in [5, 5.41) is 9.25. The zero-order chi connectivity index (χ0) is 13.8. The SMILES string of the molecule is CNC(=O)c1cc(NCc2nc(C)cs2)ccc1Cl. The molecule has 0 aliphatic carbocycles. The van der Waals surface area contributed by atoms with E-state index in [1.165, 1.54) is 0 Å². The fourth-order valence-electron chi connectivity index (χ4n) is 1.61. The molecule has 2 aromatic rings. The highest BCUT2D eigenvalue weighted by atomic mass is 35.5. The molecule has 0 atom stereocenters.